The van der Waals surface area contributed by atoms with Crippen LogP contribution in [0.25, 0.3) is 5.57 Å². The van der Waals surface area contributed by atoms with Crippen molar-refractivity contribution >= 4 is 29.0 Å². The summed E-state index contributed by atoms with van der Waals surface area (Å²) in [5.41, 5.74) is 2.38. The van der Waals surface area contributed by atoms with Gasteiger partial charge in [-0.05, 0) is 48.6 Å². The standard InChI is InChI=1S/C20H23ClN2O2/c1-2-19(24)22-10-8-16(9-11-22)20(25)23-12-6-15(7-13-23)17-4-3-5-18(21)14-17/h2-6,14,16H,1,7-13H2. The molecule has 0 spiro atoms. The number of amides is 2. The lowest BCUT2D eigenvalue weighted by atomic mass is 9.93. The van der Waals surface area contributed by atoms with E-state index < -0.39 is 0 Å². The van der Waals surface area contributed by atoms with Crippen LogP contribution in [0.3, 0.4) is 0 Å². The maximum atomic E-state index is 12.7. The minimum atomic E-state index is -0.0435. The quantitative estimate of drug-likeness (QED) is 0.777. The number of hydrogen-bond acceptors (Lipinski definition) is 2. The Labute approximate surface area is 153 Å². The molecular weight excluding hydrogens is 336 g/mol. The molecule has 1 fully saturated rings. The van der Waals surface area contributed by atoms with Crippen LogP contribution < -0.4 is 0 Å². The van der Waals surface area contributed by atoms with Crippen LogP contribution in [0.4, 0.5) is 0 Å². The van der Waals surface area contributed by atoms with E-state index in [0.717, 1.165) is 36.4 Å². The highest BCUT2D eigenvalue weighted by molar-refractivity contribution is 6.30. The van der Waals surface area contributed by atoms with Gasteiger partial charge in [-0.1, -0.05) is 36.4 Å². The molecule has 2 aliphatic heterocycles. The van der Waals surface area contributed by atoms with Gasteiger partial charge in [-0.3, -0.25) is 9.59 Å². The van der Waals surface area contributed by atoms with Crippen molar-refractivity contribution in [2.45, 2.75) is 19.3 Å². The second-order valence-corrected chi connectivity index (χ2v) is 7.01. The normalized spacial score (nSPS) is 18.7. The monoisotopic (exact) mass is 358 g/mol. The van der Waals surface area contributed by atoms with Crippen LogP contribution in [0, 0.1) is 5.92 Å². The molecule has 2 amide bonds. The molecule has 1 saturated heterocycles. The predicted octanol–water partition coefficient (Wildman–Crippen LogP) is 3.38. The molecule has 0 saturated carbocycles. The molecule has 1 aromatic rings. The number of nitrogens with zero attached hydrogens (tertiary/aromatic N) is 2. The largest absolute Gasteiger partial charge is 0.339 e. The van der Waals surface area contributed by atoms with Gasteiger partial charge in [0.05, 0.1) is 0 Å². The Morgan fingerprint density at radius 2 is 1.92 bits per heavy atom. The lowest BCUT2D eigenvalue weighted by Gasteiger charge is -2.35. The molecule has 5 heteroatoms. The topological polar surface area (TPSA) is 40.6 Å². The fraction of sp³-hybridized carbons (Fsp3) is 0.400. The highest BCUT2D eigenvalue weighted by Gasteiger charge is 2.30. The Bertz CT molecular complexity index is 705. The Hall–Kier alpha value is -2.07. The number of halogens is 1. The molecule has 0 aliphatic carbocycles. The summed E-state index contributed by atoms with van der Waals surface area (Å²) in [7, 11) is 0. The van der Waals surface area contributed by atoms with Gasteiger partial charge in [0.15, 0.2) is 0 Å². The molecule has 0 unspecified atom stereocenters. The predicted molar refractivity (Wildman–Crippen MR) is 100 cm³/mol. The third kappa shape index (κ3) is 4.13. The summed E-state index contributed by atoms with van der Waals surface area (Å²) in [5.74, 6) is 0.194. The van der Waals surface area contributed by atoms with Crippen LogP contribution in [-0.2, 0) is 9.59 Å². The smallest absolute Gasteiger partial charge is 0.245 e. The van der Waals surface area contributed by atoms with Gasteiger partial charge < -0.3 is 9.80 Å². The maximum absolute atomic E-state index is 12.7. The Balaban J connectivity index is 1.57. The van der Waals surface area contributed by atoms with Crippen molar-refractivity contribution in [1.29, 1.82) is 0 Å². The molecule has 25 heavy (non-hydrogen) atoms. The summed E-state index contributed by atoms with van der Waals surface area (Å²) in [6.45, 7) is 6.18. The van der Waals surface area contributed by atoms with E-state index in [4.69, 9.17) is 11.6 Å². The summed E-state index contributed by atoms with van der Waals surface area (Å²) in [6, 6.07) is 7.85. The van der Waals surface area contributed by atoms with Gasteiger partial charge in [0.25, 0.3) is 0 Å². The van der Waals surface area contributed by atoms with E-state index in [1.54, 1.807) is 4.90 Å². The van der Waals surface area contributed by atoms with E-state index in [1.807, 2.05) is 23.1 Å². The first kappa shape index (κ1) is 17.7. The molecule has 132 valence electrons. The molecule has 0 radical (unpaired) electrons. The van der Waals surface area contributed by atoms with Crippen molar-refractivity contribution in [2.75, 3.05) is 26.2 Å². The molecule has 0 atom stereocenters. The summed E-state index contributed by atoms with van der Waals surface area (Å²) >= 11 is 6.06. The third-order valence-electron chi connectivity index (χ3n) is 5.05. The molecule has 2 aliphatic rings. The van der Waals surface area contributed by atoms with Crippen LogP contribution >= 0.6 is 11.6 Å². The maximum Gasteiger partial charge on any atom is 0.245 e. The fourth-order valence-corrected chi connectivity index (χ4v) is 3.74. The molecule has 0 aromatic heterocycles. The van der Waals surface area contributed by atoms with Gasteiger partial charge in [0.2, 0.25) is 11.8 Å². The number of carbonyl (C=O) groups is 2. The Morgan fingerprint density at radius 1 is 1.16 bits per heavy atom. The Morgan fingerprint density at radius 3 is 2.52 bits per heavy atom. The number of benzene rings is 1. The molecule has 4 nitrogen and oxygen atoms in total. The van der Waals surface area contributed by atoms with E-state index >= 15 is 0 Å². The van der Waals surface area contributed by atoms with Crippen molar-refractivity contribution in [3.63, 3.8) is 0 Å². The Kier molecular flexibility index (Phi) is 5.59. The van der Waals surface area contributed by atoms with Gasteiger partial charge in [0, 0.05) is 37.1 Å². The molecule has 3 rings (SSSR count). The second-order valence-electron chi connectivity index (χ2n) is 6.58. The summed E-state index contributed by atoms with van der Waals surface area (Å²) in [5, 5.41) is 0.734. The first-order chi connectivity index (χ1) is 12.1. The number of likely N-dealkylation sites (tertiary alicyclic amines) is 1. The molecule has 0 bridgehead atoms. The zero-order valence-corrected chi connectivity index (χ0v) is 15.0. The van der Waals surface area contributed by atoms with Gasteiger partial charge in [-0.2, -0.15) is 0 Å². The van der Waals surface area contributed by atoms with Crippen molar-refractivity contribution < 1.29 is 9.59 Å². The molecule has 1 aromatic carbocycles. The number of hydrogen-bond donors (Lipinski definition) is 0. The number of piperidine rings is 1. The summed E-state index contributed by atoms with van der Waals surface area (Å²) in [4.78, 5) is 28.1. The van der Waals surface area contributed by atoms with E-state index in [1.165, 1.54) is 11.6 Å². The zero-order chi connectivity index (χ0) is 17.8. The number of rotatable bonds is 3. The highest BCUT2D eigenvalue weighted by Crippen LogP contribution is 2.27. The van der Waals surface area contributed by atoms with Crippen molar-refractivity contribution in [1.82, 2.24) is 9.80 Å². The lowest BCUT2D eigenvalue weighted by Crippen LogP contribution is -2.45. The first-order valence-electron chi connectivity index (χ1n) is 8.73. The molecule has 0 N–H and O–H groups in total. The van der Waals surface area contributed by atoms with E-state index in [-0.39, 0.29) is 17.7 Å². The lowest BCUT2D eigenvalue weighted by molar-refractivity contribution is -0.139. The average molecular weight is 359 g/mol. The van der Waals surface area contributed by atoms with E-state index in [0.29, 0.717) is 19.6 Å². The molecular formula is C20H23ClN2O2. The average Bonchev–Trinajstić information content (AvgIpc) is 2.67. The highest BCUT2D eigenvalue weighted by atomic mass is 35.5. The van der Waals surface area contributed by atoms with Gasteiger partial charge >= 0.3 is 0 Å². The van der Waals surface area contributed by atoms with Crippen molar-refractivity contribution in [3.05, 3.63) is 53.6 Å². The van der Waals surface area contributed by atoms with Crippen LogP contribution in [0.2, 0.25) is 5.02 Å². The third-order valence-corrected chi connectivity index (χ3v) is 5.28. The summed E-state index contributed by atoms with van der Waals surface area (Å²) in [6.07, 6.45) is 5.79. The van der Waals surface area contributed by atoms with Gasteiger partial charge in [0.1, 0.15) is 0 Å². The minimum absolute atomic E-state index is 0.0231. The van der Waals surface area contributed by atoms with Gasteiger partial charge in [-0.25, -0.2) is 0 Å². The van der Waals surface area contributed by atoms with Crippen LogP contribution in [0.1, 0.15) is 24.8 Å². The van der Waals surface area contributed by atoms with Crippen LogP contribution in [0.5, 0.6) is 0 Å². The van der Waals surface area contributed by atoms with Crippen LogP contribution in [-0.4, -0.2) is 47.8 Å². The second kappa shape index (κ2) is 7.87. The van der Waals surface area contributed by atoms with Crippen LogP contribution in [0.15, 0.2) is 43.0 Å². The first-order valence-corrected chi connectivity index (χ1v) is 9.11. The van der Waals surface area contributed by atoms with Crippen molar-refractivity contribution in [3.8, 4) is 0 Å². The van der Waals surface area contributed by atoms with E-state index in [2.05, 4.69) is 18.7 Å². The summed E-state index contributed by atoms with van der Waals surface area (Å²) < 4.78 is 0. The zero-order valence-electron chi connectivity index (χ0n) is 14.3. The fourth-order valence-electron chi connectivity index (χ4n) is 3.55. The van der Waals surface area contributed by atoms with Gasteiger partial charge in [-0.15, -0.1) is 0 Å². The number of carbonyl (C=O) groups excluding carboxylic acids is 2. The van der Waals surface area contributed by atoms with Crippen molar-refractivity contribution in [2.24, 2.45) is 5.92 Å². The minimum Gasteiger partial charge on any atom is -0.339 e. The SMILES string of the molecule is C=CC(=O)N1CCC(C(=O)N2CC=C(c3cccc(Cl)c3)CC2)CC1. The van der Waals surface area contributed by atoms with E-state index in [9.17, 15) is 9.59 Å². The molecule has 2 heterocycles.